The average Bonchev–Trinajstić information content (AvgIpc) is 3.14. The summed E-state index contributed by atoms with van der Waals surface area (Å²) in [5.41, 5.74) is 9.03. The van der Waals surface area contributed by atoms with E-state index >= 15 is 0 Å². The van der Waals surface area contributed by atoms with Crippen LogP contribution < -0.4 is 0 Å². The largest absolute Gasteiger partial charge is 0.289 e. The van der Waals surface area contributed by atoms with Crippen molar-refractivity contribution in [1.82, 2.24) is 0 Å². The maximum atomic E-state index is 12.9. The van der Waals surface area contributed by atoms with Crippen molar-refractivity contribution in [3.05, 3.63) is 130 Å². The molecule has 2 aliphatic rings. The summed E-state index contributed by atoms with van der Waals surface area (Å²) < 4.78 is 0. The number of rotatable bonds is 18. The SMILES string of the molecule is CCCCC1=CC(=C/N=N/c2ccc(C(C)(C)c3ccc(/N=N/C=C4C=C(CCCC)C(=O)C(CCCC)=C4)cc3)cc2)C=C(CCCC)C1=O. The average molecular weight is 685 g/mol. The number of benzene rings is 2. The highest BCUT2D eigenvalue weighted by Gasteiger charge is 2.23. The molecule has 51 heavy (non-hydrogen) atoms. The predicted molar refractivity (Wildman–Crippen MR) is 211 cm³/mol. The van der Waals surface area contributed by atoms with Gasteiger partial charge in [0.1, 0.15) is 0 Å². The smallest absolute Gasteiger partial charge is 0.185 e. The van der Waals surface area contributed by atoms with Crippen molar-refractivity contribution in [2.75, 3.05) is 0 Å². The molecule has 0 radical (unpaired) electrons. The third kappa shape index (κ3) is 11.2. The Labute approximate surface area is 306 Å². The number of carbonyl (C=O) groups is 2. The molecule has 2 aliphatic carbocycles. The fraction of sp³-hybridized carbons (Fsp3) is 0.422. The van der Waals surface area contributed by atoms with Crippen LogP contribution in [-0.2, 0) is 15.0 Å². The van der Waals surface area contributed by atoms with Crippen LogP contribution in [0.1, 0.15) is 130 Å². The molecular formula is C45H56N4O2. The lowest BCUT2D eigenvalue weighted by molar-refractivity contribution is -0.113. The van der Waals surface area contributed by atoms with E-state index in [1.54, 1.807) is 12.4 Å². The Kier molecular flexibility index (Phi) is 15.2. The lowest BCUT2D eigenvalue weighted by atomic mass is 9.78. The van der Waals surface area contributed by atoms with Gasteiger partial charge in [0.05, 0.1) is 23.8 Å². The number of hydrogen-bond acceptors (Lipinski definition) is 6. The van der Waals surface area contributed by atoms with Gasteiger partial charge in [-0.15, -0.1) is 0 Å². The molecule has 4 rings (SSSR count). The second-order valence-electron chi connectivity index (χ2n) is 14.2. The normalized spacial score (nSPS) is 15.3. The lowest BCUT2D eigenvalue weighted by Gasteiger charge is -2.26. The van der Waals surface area contributed by atoms with E-state index in [1.807, 2.05) is 48.6 Å². The third-order valence-electron chi connectivity index (χ3n) is 9.67. The molecule has 6 heteroatoms. The van der Waals surface area contributed by atoms with Gasteiger partial charge in [0, 0.05) is 27.7 Å². The van der Waals surface area contributed by atoms with E-state index in [0.29, 0.717) is 0 Å². The molecule has 0 aliphatic heterocycles. The Hall–Kier alpha value is -4.58. The molecule has 0 amide bonds. The molecule has 0 heterocycles. The Bertz CT molecular complexity index is 1570. The highest BCUT2D eigenvalue weighted by molar-refractivity contribution is 6.10. The molecule has 0 spiro atoms. The van der Waals surface area contributed by atoms with E-state index in [1.165, 1.54) is 11.1 Å². The summed E-state index contributed by atoms with van der Waals surface area (Å²) in [5.74, 6) is 0.385. The van der Waals surface area contributed by atoms with Crippen molar-refractivity contribution in [3.8, 4) is 0 Å². The number of carbonyl (C=O) groups excluding carboxylic acids is 2. The Balaban J connectivity index is 1.43. The van der Waals surface area contributed by atoms with Gasteiger partial charge in [0.2, 0.25) is 0 Å². The number of hydrogen-bond donors (Lipinski definition) is 0. The summed E-state index contributed by atoms with van der Waals surface area (Å²) in [6, 6.07) is 16.4. The number of nitrogens with zero attached hydrogens (tertiary/aromatic N) is 4. The quantitative estimate of drug-likeness (QED) is 0.146. The second kappa shape index (κ2) is 19.7. The summed E-state index contributed by atoms with van der Waals surface area (Å²) >= 11 is 0. The zero-order chi connectivity index (χ0) is 36.6. The summed E-state index contributed by atoms with van der Waals surface area (Å²) in [5, 5.41) is 17.7. The van der Waals surface area contributed by atoms with E-state index in [2.05, 4.69) is 86.3 Å². The standard InChI is InChI=1S/C45H56N4O2/c1-7-11-15-35-27-33(28-36(43(35)50)16-12-8-2)31-46-48-41-23-19-39(20-24-41)45(5,6)40-21-25-42(26-22-40)49-47-32-34-29-37(17-13-9-3)44(51)38(30-34)18-14-10-4/h19-32H,7-18H2,1-6H3/b48-46+,49-47+. The molecule has 0 saturated carbocycles. The summed E-state index contributed by atoms with van der Waals surface area (Å²) in [4.78, 5) is 25.9. The van der Waals surface area contributed by atoms with Crippen LogP contribution in [-0.4, -0.2) is 11.6 Å². The number of unbranched alkanes of at least 4 members (excludes halogenated alkanes) is 4. The van der Waals surface area contributed by atoms with Crippen LogP contribution in [0.4, 0.5) is 11.4 Å². The first kappa shape index (κ1) is 39.2. The molecule has 6 nitrogen and oxygen atoms in total. The van der Waals surface area contributed by atoms with Crippen molar-refractivity contribution in [1.29, 1.82) is 0 Å². The molecule has 2 aromatic rings. The highest BCUT2D eigenvalue weighted by atomic mass is 16.1. The van der Waals surface area contributed by atoms with Crippen LogP contribution in [0.25, 0.3) is 0 Å². The molecule has 2 aromatic carbocycles. The van der Waals surface area contributed by atoms with Crippen molar-refractivity contribution < 1.29 is 9.59 Å². The van der Waals surface area contributed by atoms with Crippen LogP contribution in [0.2, 0.25) is 0 Å². The van der Waals surface area contributed by atoms with E-state index < -0.39 is 0 Å². The maximum absolute atomic E-state index is 12.9. The highest BCUT2D eigenvalue weighted by Crippen LogP contribution is 2.34. The number of azo groups is 2. The van der Waals surface area contributed by atoms with Gasteiger partial charge >= 0.3 is 0 Å². The molecule has 0 unspecified atom stereocenters. The van der Waals surface area contributed by atoms with Crippen molar-refractivity contribution >= 4 is 22.9 Å². The lowest BCUT2D eigenvalue weighted by Crippen LogP contribution is -2.18. The van der Waals surface area contributed by atoms with Gasteiger partial charge in [-0.2, -0.15) is 20.5 Å². The minimum Gasteiger partial charge on any atom is -0.289 e. The summed E-state index contributed by atoms with van der Waals surface area (Å²) in [6.45, 7) is 13.0. The van der Waals surface area contributed by atoms with Gasteiger partial charge in [0.25, 0.3) is 0 Å². The fourth-order valence-electron chi connectivity index (χ4n) is 6.30. The number of ketones is 2. The van der Waals surface area contributed by atoms with Gasteiger partial charge in [-0.25, -0.2) is 0 Å². The summed E-state index contributed by atoms with van der Waals surface area (Å²) in [6.07, 6.45) is 22.9. The maximum Gasteiger partial charge on any atom is 0.185 e. The minimum atomic E-state index is -0.239. The molecule has 0 fully saturated rings. The number of Topliss-reactive ketones (excluding diaryl/α,β-unsaturated/α-hetero) is 2. The van der Waals surface area contributed by atoms with Gasteiger partial charge in [0.15, 0.2) is 11.6 Å². The minimum absolute atomic E-state index is 0.192. The molecule has 0 atom stereocenters. The zero-order valence-corrected chi connectivity index (χ0v) is 31.7. The fourth-order valence-corrected chi connectivity index (χ4v) is 6.30. The first-order valence-corrected chi connectivity index (χ1v) is 19.0. The molecule has 268 valence electrons. The van der Waals surface area contributed by atoms with Gasteiger partial charge in [-0.3, -0.25) is 9.59 Å². The van der Waals surface area contributed by atoms with Crippen molar-refractivity contribution in [3.63, 3.8) is 0 Å². The monoisotopic (exact) mass is 684 g/mol. The first-order chi connectivity index (χ1) is 24.7. The van der Waals surface area contributed by atoms with Crippen LogP contribution in [0, 0.1) is 0 Å². The van der Waals surface area contributed by atoms with Crippen LogP contribution >= 0.6 is 0 Å². The van der Waals surface area contributed by atoms with Crippen molar-refractivity contribution in [2.24, 2.45) is 20.5 Å². The molecule has 0 saturated heterocycles. The first-order valence-electron chi connectivity index (χ1n) is 19.0. The topological polar surface area (TPSA) is 83.6 Å². The Morgan fingerprint density at radius 1 is 0.490 bits per heavy atom. The van der Waals surface area contributed by atoms with Gasteiger partial charge in [-0.1, -0.05) is 91.5 Å². The Morgan fingerprint density at radius 3 is 1.06 bits per heavy atom. The molecule has 0 bridgehead atoms. The van der Waals surface area contributed by atoms with Crippen molar-refractivity contribution in [2.45, 2.75) is 124 Å². The molecular weight excluding hydrogens is 629 g/mol. The van der Waals surface area contributed by atoms with Gasteiger partial charge in [-0.05, 0) is 122 Å². The van der Waals surface area contributed by atoms with Crippen LogP contribution in [0.15, 0.2) is 139 Å². The van der Waals surface area contributed by atoms with Crippen LogP contribution in [0.3, 0.4) is 0 Å². The predicted octanol–water partition coefficient (Wildman–Crippen LogP) is 13.6. The van der Waals surface area contributed by atoms with E-state index in [0.717, 1.165) is 122 Å². The van der Waals surface area contributed by atoms with E-state index in [-0.39, 0.29) is 17.0 Å². The van der Waals surface area contributed by atoms with E-state index in [4.69, 9.17) is 0 Å². The summed E-state index contributed by atoms with van der Waals surface area (Å²) in [7, 11) is 0. The molecule has 0 aromatic heterocycles. The number of allylic oxidation sites excluding steroid dienone is 10. The molecule has 0 N–H and O–H groups in total. The second-order valence-corrected chi connectivity index (χ2v) is 14.2. The van der Waals surface area contributed by atoms with Crippen LogP contribution in [0.5, 0.6) is 0 Å². The Morgan fingerprint density at radius 2 is 0.784 bits per heavy atom. The van der Waals surface area contributed by atoms with E-state index in [9.17, 15) is 9.59 Å². The van der Waals surface area contributed by atoms with Gasteiger partial charge < -0.3 is 0 Å². The zero-order valence-electron chi connectivity index (χ0n) is 31.7. The third-order valence-corrected chi connectivity index (χ3v) is 9.67.